The van der Waals surface area contributed by atoms with Crippen molar-refractivity contribution in [3.63, 3.8) is 0 Å². The van der Waals surface area contributed by atoms with E-state index in [2.05, 4.69) is 0 Å². The van der Waals surface area contributed by atoms with Crippen molar-refractivity contribution in [2.24, 2.45) is 0 Å². The normalized spacial score (nSPS) is 12.1. The number of carboxylic acid groups (broad SMARTS) is 1. The Morgan fingerprint density at radius 1 is 1.64 bits per heavy atom. The van der Waals surface area contributed by atoms with Gasteiger partial charge >= 0.3 is 5.76 Å². The third-order valence-electron chi connectivity index (χ3n) is 1.12. The molecule has 0 bridgehead atoms. The number of carboxylic acids is 1. The van der Waals surface area contributed by atoms with E-state index in [1.165, 1.54) is 11.4 Å². The SMILES string of the molecule is O=C([O-])c1ccc[s+]1C(F)F. The van der Waals surface area contributed by atoms with E-state index in [9.17, 15) is 18.7 Å². The Labute approximate surface area is 64.1 Å². The van der Waals surface area contributed by atoms with E-state index in [0.29, 0.717) is 0 Å². The maximum absolute atomic E-state index is 12.0. The standard InChI is InChI=1S/C6H4F2O2S/c7-6(8)11-3-1-2-4(11)5(9)10/h1-3,6H. The summed E-state index contributed by atoms with van der Waals surface area (Å²) in [6, 6.07) is 2.45. The summed E-state index contributed by atoms with van der Waals surface area (Å²) in [5.41, 5.74) is 0. The summed E-state index contributed by atoms with van der Waals surface area (Å²) in [5.74, 6) is -4.16. The first-order valence-electron chi connectivity index (χ1n) is 2.73. The summed E-state index contributed by atoms with van der Waals surface area (Å²) in [6.07, 6.45) is 0. The highest BCUT2D eigenvalue weighted by Crippen LogP contribution is 2.36. The van der Waals surface area contributed by atoms with Crippen molar-refractivity contribution >= 4 is 16.4 Å². The lowest BCUT2D eigenvalue weighted by atomic mass is 10.5. The number of halogens is 2. The van der Waals surface area contributed by atoms with Crippen LogP contribution >= 0.6 is 10.5 Å². The quantitative estimate of drug-likeness (QED) is 0.638. The van der Waals surface area contributed by atoms with E-state index in [1.54, 1.807) is 0 Å². The second kappa shape index (κ2) is 2.96. The molecule has 0 saturated carbocycles. The van der Waals surface area contributed by atoms with Gasteiger partial charge in [0.05, 0.1) is 10.5 Å². The van der Waals surface area contributed by atoms with Crippen molar-refractivity contribution in [3.8, 4) is 0 Å². The highest BCUT2D eigenvalue weighted by Gasteiger charge is 2.23. The fourth-order valence-electron chi connectivity index (χ4n) is 0.683. The van der Waals surface area contributed by atoms with Gasteiger partial charge in [-0.3, -0.25) is 0 Å². The molecule has 1 rings (SSSR count). The number of hydrogen-bond donors (Lipinski definition) is 0. The second-order valence-electron chi connectivity index (χ2n) is 1.78. The number of thiophene rings is 1. The Bertz CT molecular complexity index is 269. The molecule has 0 N–H and O–H groups in total. The van der Waals surface area contributed by atoms with Crippen LogP contribution in [0.15, 0.2) is 17.5 Å². The highest BCUT2D eigenvalue weighted by molar-refractivity contribution is 7.31. The van der Waals surface area contributed by atoms with Crippen molar-refractivity contribution in [2.75, 3.05) is 0 Å². The molecule has 11 heavy (non-hydrogen) atoms. The monoisotopic (exact) mass is 178 g/mol. The molecule has 0 amide bonds. The molecule has 1 atom stereocenters. The summed E-state index contributed by atoms with van der Waals surface area (Å²) in [5, 5.41) is 11.3. The summed E-state index contributed by atoms with van der Waals surface area (Å²) < 4.78 is 24.0. The largest absolute Gasteiger partial charge is 0.540 e. The second-order valence-corrected chi connectivity index (χ2v) is 3.59. The summed E-state index contributed by atoms with van der Waals surface area (Å²) >= 11 is 0. The van der Waals surface area contributed by atoms with Gasteiger partial charge in [-0.05, 0) is 6.07 Å². The van der Waals surface area contributed by atoms with Crippen LogP contribution in [0.3, 0.4) is 0 Å². The van der Waals surface area contributed by atoms with Crippen LogP contribution in [0, 0.1) is 0 Å². The molecule has 0 aliphatic rings. The Morgan fingerprint density at radius 3 is 2.64 bits per heavy atom. The molecule has 0 spiro atoms. The summed E-state index contributed by atoms with van der Waals surface area (Å²) in [4.78, 5) is 9.85. The molecular weight excluding hydrogens is 174 g/mol. The predicted octanol–water partition coefficient (Wildman–Crippen LogP) is 1.19. The van der Waals surface area contributed by atoms with Gasteiger partial charge in [0.25, 0.3) is 0 Å². The zero-order valence-corrected chi connectivity index (χ0v) is 6.11. The van der Waals surface area contributed by atoms with Gasteiger partial charge in [-0.2, -0.15) is 8.78 Å². The molecule has 0 saturated heterocycles. The zero-order chi connectivity index (χ0) is 8.43. The lowest BCUT2D eigenvalue weighted by Gasteiger charge is -1.93. The van der Waals surface area contributed by atoms with Crippen LogP contribution in [0.1, 0.15) is 15.4 Å². The molecule has 0 radical (unpaired) electrons. The van der Waals surface area contributed by atoms with Gasteiger partial charge in [-0.25, -0.2) is 0 Å². The van der Waals surface area contributed by atoms with Crippen LogP contribution < -0.4 is 5.11 Å². The average molecular weight is 178 g/mol. The van der Waals surface area contributed by atoms with Crippen molar-refractivity contribution < 1.29 is 18.7 Å². The Balaban J connectivity index is 3.06. The molecule has 0 aliphatic heterocycles. The Kier molecular flexibility index (Phi) is 2.19. The van der Waals surface area contributed by atoms with Gasteiger partial charge < -0.3 is 9.90 Å². The Morgan fingerprint density at radius 2 is 2.27 bits per heavy atom. The molecule has 0 fully saturated rings. The van der Waals surface area contributed by atoms with Gasteiger partial charge in [0, 0.05) is 6.07 Å². The molecule has 0 aromatic carbocycles. The van der Waals surface area contributed by atoms with Crippen LogP contribution in [0.5, 0.6) is 0 Å². The fraction of sp³-hybridized carbons (Fsp3) is 0.167. The summed E-state index contributed by atoms with van der Waals surface area (Å²) in [6.45, 7) is 0. The third kappa shape index (κ3) is 1.54. The van der Waals surface area contributed by atoms with Crippen molar-refractivity contribution in [3.05, 3.63) is 22.4 Å². The fourth-order valence-corrected chi connectivity index (χ4v) is 1.82. The lowest BCUT2D eigenvalue weighted by Crippen LogP contribution is -2.21. The zero-order valence-electron chi connectivity index (χ0n) is 5.29. The molecular formula is C6H4F2O2S. The molecule has 1 unspecified atom stereocenters. The van der Waals surface area contributed by atoms with E-state index >= 15 is 0 Å². The number of carbonyl (C=O) groups is 1. The maximum atomic E-state index is 12.0. The van der Waals surface area contributed by atoms with Gasteiger partial charge in [-0.1, -0.05) is 0 Å². The number of aromatic carboxylic acids is 1. The molecule has 60 valence electrons. The number of rotatable bonds is 2. The minimum absolute atomic E-state index is 0.319. The summed E-state index contributed by atoms with van der Waals surface area (Å²) in [7, 11) is -1.56. The average Bonchev–Trinajstić information content (AvgIpc) is 2.32. The predicted molar refractivity (Wildman–Crippen MR) is 34.5 cm³/mol. The van der Waals surface area contributed by atoms with Crippen molar-refractivity contribution in [1.29, 1.82) is 0 Å². The highest BCUT2D eigenvalue weighted by atomic mass is 32.2. The number of hydrogen-bond acceptors (Lipinski definition) is 2. The van der Waals surface area contributed by atoms with Gasteiger partial charge in [0.15, 0.2) is 0 Å². The van der Waals surface area contributed by atoms with Crippen LogP contribution in [-0.2, 0) is 0 Å². The van der Waals surface area contributed by atoms with Crippen LogP contribution in [0.2, 0.25) is 0 Å². The van der Waals surface area contributed by atoms with E-state index in [4.69, 9.17) is 0 Å². The number of alkyl halides is 2. The topological polar surface area (TPSA) is 40.1 Å². The number of carbonyl (C=O) groups excluding carboxylic acids is 1. The molecule has 1 heterocycles. The molecule has 1 aromatic heterocycles. The molecule has 2 nitrogen and oxygen atoms in total. The first-order chi connectivity index (χ1) is 5.13. The van der Waals surface area contributed by atoms with E-state index in [1.807, 2.05) is 0 Å². The van der Waals surface area contributed by atoms with Gasteiger partial charge in [0.2, 0.25) is 4.88 Å². The van der Waals surface area contributed by atoms with Crippen molar-refractivity contribution in [2.45, 2.75) is 5.76 Å². The minimum atomic E-state index is -2.64. The first-order valence-corrected chi connectivity index (χ1v) is 4.08. The first kappa shape index (κ1) is 8.13. The maximum Gasteiger partial charge on any atom is 0.421 e. The van der Waals surface area contributed by atoms with Crippen LogP contribution in [0.4, 0.5) is 8.78 Å². The van der Waals surface area contributed by atoms with Crippen LogP contribution in [-0.4, -0.2) is 5.97 Å². The van der Waals surface area contributed by atoms with E-state index < -0.39 is 22.2 Å². The van der Waals surface area contributed by atoms with E-state index in [0.717, 1.165) is 6.07 Å². The third-order valence-corrected chi connectivity index (χ3v) is 2.76. The smallest absolute Gasteiger partial charge is 0.421 e. The van der Waals surface area contributed by atoms with Crippen LogP contribution in [0.25, 0.3) is 0 Å². The molecule has 0 aliphatic carbocycles. The minimum Gasteiger partial charge on any atom is -0.540 e. The Hall–Kier alpha value is -0.970. The molecule has 1 aromatic rings. The van der Waals surface area contributed by atoms with E-state index in [-0.39, 0.29) is 4.88 Å². The van der Waals surface area contributed by atoms with Crippen molar-refractivity contribution in [1.82, 2.24) is 0 Å². The van der Waals surface area contributed by atoms with Gasteiger partial charge in [0.1, 0.15) is 11.3 Å². The van der Waals surface area contributed by atoms with Gasteiger partial charge in [-0.15, -0.1) is 0 Å². The molecule has 5 heteroatoms. The lowest BCUT2D eigenvalue weighted by molar-refractivity contribution is -0.254.